The number of halogens is 3. The zero-order chi connectivity index (χ0) is 12.2. The highest BCUT2D eigenvalue weighted by Gasteiger charge is 2.27. The molecule has 1 atom stereocenters. The quantitative estimate of drug-likeness (QED) is 0.854. The van der Waals surface area contributed by atoms with E-state index in [1.807, 2.05) is 0 Å². The van der Waals surface area contributed by atoms with Crippen molar-refractivity contribution < 1.29 is 17.4 Å². The fraction of sp³-hybridized carbons (Fsp3) is 0.333. The number of rotatable bonds is 4. The number of alkyl halides is 3. The van der Waals surface area contributed by atoms with Gasteiger partial charge < -0.3 is 5.73 Å². The second-order valence-corrected chi connectivity index (χ2v) is 5.64. The van der Waals surface area contributed by atoms with E-state index in [1.165, 1.54) is 0 Å². The van der Waals surface area contributed by atoms with Gasteiger partial charge in [0.1, 0.15) is 0 Å². The Morgan fingerprint density at radius 1 is 1.25 bits per heavy atom. The first-order valence-electron chi connectivity index (χ1n) is 4.33. The third-order valence-electron chi connectivity index (χ3n) is 1.68. The van der Waals surface area contributed by atoms with E-state index in [2.05, 4.69) is 0 Å². The lowest BCUT2D eigenvalue weighted by Gasteiger charge is -2.05. The van der Waals surface area contributed by atoms with E-state index in [0.29, 0.717) is 10.6 Å². The first-order valence-corrected chi connectivity index (χ1v) is 6.63. The van der Waals surface area contributed by atoms with E-state index >= 15 is 0 Å². The summed E-state index contributed by atoms with van der Waals surface area (Å²) in [5.41, 5.74) is 1.71. The molecule has 1 aromatic rings. The van der Waals surface area contributed by atoms with Crippen molar-refractivity contribution in [2.75, 3.05) is 17.2 Å². The molecule has 1 aromatic carbocycles. The summed E-state index contributed by atoms with van der Waals surface area (Å²) in [7, 11) is -1.40. The van der Waals surface area contributed by atoms with Gasteiger partial charge in [-0.1, -0.05) is 11.8 Å². The molecule has 0 aliphatic carbocycles. The number of hydrogen-bond acceptors (Lipinski definition) is 3. The van der Waals surface area contributed by atoms with Gasteiger partial charge in [-0.3, -0.25) is 4.21 Å². The Morgan fingerprint density at radius 2 is 1.81 bits per heavy atom. The second kappa shape index (κ2) is 5.58. The summed E-state index contributed by atoms with van der Waals surface area (Å²) >= 11 is -0.158. The Kier molecular flexibility index (Phi) is 4.67. The van der Waals surface area contributed by atoms with Crippen LogP contribution in [-0.4, -0.2) is 21.2 Å². The lowest BCUT2D eigenvalue weighted by Crippen LogP contribution is -2.07. The van der Waals surface area contributed by atoms with Gasteiger partial charge in [-0.2, -0.15) is 13.2 Å². The van der Waals surface area contributed by atoms with Gasteiger partial charge in [-0.25, -0.2) is 0 Å². The summed E-state index contributed by atoms with van der Waals surface area (Å²) in [6.07, 6.45) is 0. The summed E-state index contributed by atoms with van der Waals surface area (Å²) in [6, 6.07) is 6.27. The molecule has 1 unspecified atom stereocenters. The van der Waals surface area contributed by atoms with Crippen molar-refractivity contribution in [3.63, 3.8) is 0 Å². The number of hydrogen-bond donors (Lipinski definition) is 1. The Hall–Kier alpha value is -0.690. The average molecular weight is 269 g/mol. The van der Waals surface area contributed by atoms with Crippen LogP contribution < -0.4 is 5.73 Å². The van der Waals surface area contributed by atoms with Crippen LogP contribution in [0.3, 0.4) is 0 Å². The smallest absolute Gasteiger partial charge is 0.399 e. The molecule has 0 saturated carbocycles. The third-order valence-corrected chi connectivity index (χ3v) is 4.04. The number of thioether (sulfide) groups is 1. The minimum absolute atomic E-state index is 0.0197. The molecule has 0 saturated heterocycles. The highest BCUT2D eigenvalue weighted by Crippen LogP contribution is 2.30. The van der Waals surface area contributed by atoms with Gasteiger partial charge in [0.05, 0.1) is 10.8 Å². The minimum atomic E-state index is -4.26. The average Bonchev–Trinajstić information content (AvgIpc) is 2.16. The SMILES string of the molecule is Nc1ccc(S(=O)CCSC(F)(F)F)cc1. The van der Waals surface area contributed by atoms with Crippen LogP contribution in [0.4, 0.5) is 18.9 Å². The molecule has 0 aliphatic rings. The normalized spacial score (nSPS) is 13.7. The monoisotopic (exact) mass is 269 g/mol. The van der Waals surface area contributed by atoms with Gasteiger partial charge in [0.15, 0.2) is 0 Å². The maximum Gasteiger partial charge on any atom is 0.441 e. The van der Waals surface area contributed by atoms with E-state index in [9.17, 15) is 17.4 Å². The molecule has 0 spiro atoms. The Labute approximate surface area is 97.9 Å². The van der Waals surface area contributed by atoms with Gasteiger partial charge in [0.25, 0.3) is 0 Å². The number of nitrogen functional groups attached to an aromatic ring is 1. The van der Waals surface area contributed by atoms with Gasteiger partial charge in [-0.15, -0.1) is 0 Å². The zero-order valence-electron chi connectivity index (χ0n) is 8.16. The number of anilines is 1. The third kappa shape index (κ3) is 4.89. The van der Waals surface area contributed by atoms with Crippen LogP contribution in [0.5, 0.6) is 0 Å². The molecule has 2 N–H and O–H groups in total. The molecule has 0 aliphatic heterocycles. The standard InChI is InChI=1S/C9H10F3NOS2/c10-9(11,12)15-5-6-16(14)8-3-1-7(13)2-4-8/h1-4H,5-6,13H2. The summed E-state index contributed by atoms with van der Waals surface area (Å²) in [6.45, 7) is 0. The highest BCUT2D eigenvalue weighted by molar-refractivity contribution is 8.00. The fourth-order valence-electron chi connectivity index (χ4n) is 0.971. The summed E-state index contributed by atoms with van der Waals surface area (Å²) in [5, 5.41) is 0. The first-order chi connectivity index (χ1) is 7.38. The van der Waals surface area contributed by atoms with Crippen LogP contribution in [0.1, 0.15) is 0 Å². The Morgan fingerprint density at radius 3 is 2.31 bits per heavy atom. The molecular weight excluding hydrogens is 259 g/mol. The van der Waals surface area contributed by atoms with Crippen molar-refractivity contribution in [1.29, 1.82) is 0 Å². The first kappa shape index (κ1) is 13.4. The van der Waals surface area contributed by atoms with Crippen molar-refractivity contribution in [2.24, 2.45) is 0 Å². The maximum absolute atomic E-state index is 11.8. The summed E-state index contributed by atoms with van der Waals surface area (Å²) < 4.78 is 47.0. The van der Waals surface area contributed by atoms with E-state index in [-0.39, 0.29) is 23.3 Å². The molecule has 90 valence electrons. The molecule has 2 nitrogen and oxygen atoms in total. The second-order valence-electron chi connectivity index (χ2n) is 2.91. The maximum atomic E-state index is 11.8. The lowest BCUT2D eigenvalue weighted by atomic mass is 10.3. The molecule has 0 bridgehead atoms. The van der Waals surface area contributed by atoms with Crippen LogP contribution in [0, 0.1) is 0 Å². The molecule has 7 heteroatoms. The molecular formula is C9H10F3NOS2. The van der Waals surface area contributed by atoms with Crippen LogP contribution >= 0.6 is 11.8 Å². The zero-order valence-corrected chi connectivity index (χ0v) is 9.79. The molecule has 16 heavy (non-hydrogen) atoms. The Balaban J connectivity index is 2.44. The molecule has 0 heterocycles. The van der Waals surface area contributed by atoms with Gasteiger partial charge in [0.2, 0.25) is 0 Å². The molecule has 0 radical (unpaired) electrons. The molecule has 0 amide bonds. The summed E-state index contributed by atoms with van der Waals surface area (Å²) in [5.74, 6) is -0.228. The van der Waals surface area contributed by atoms with E-state index in [1.54, 1.807) is 24.3 Å². The predicted molar refractivity (Wildman–Crippen MR) is 60.6 cm³/mol. The van der Waals surface area contributed by atoms with Crippen molar-refractivity contribution in [3.8, 4) is 0 Å². The Bertz CT molecular complexity index is 364. The van der Waals surface area contributed by atoms with Crippen molar-refractivity contribution in [2.45, 2.75) is 10.4 Å². The van der Waals surface area contributed by atoms with Crippen LogP contribution in [0.15, 0.2) is 29.2 Å². The summed E-state index contributed by atoms with van der Waals surface area (Å²) in [4.78, 5) is 0.497. The predicted octanol–water partition coefficient (Wildman–Crippen LogP) is 2.63. The van der Waals surface area contributed by atoms with Crippen LogP contribution in [0.2, 0.25) is 0 Å². The van der Waals surface area contributed by atoms with E-state index in [0.717, 1.165) is 0 Å². The molecule has 0 fully saturated rings. The largest absolute Gasteiger partial charge is 0.441 e. The number of benzene rings is 1. The highest BCUT2D eigenvalue weighted by atomic mass is 32.2. The fourth-order valence-corrected chi connectivity index (χ4v) is 2.82. The van der Waals surface area contributed by atoms with Crippen molar-refractivity contribution in [3.05, 3.63) is 24.3 Å². The van der Waals surface area contributed by atoms with Crippen molar-refractivity contribution in [1.82, 2.24) is 0 Å². The topological polar surface area (TPSA) is 43.1 Å². The van der Waals surface area contributed by atoms with Gasteiger partial charge in [0, 0.05) is 22.1 Å². The van der Waals surface area contributed by atoms with E-state index < -0.39 is 16.3 Å². The van der Waals surface area contributed by atoms with Gasteiger partial charge in [-0.05, 0) is 24.3 Å². The van der Waals surface area contributed by atoms with Gasteiger partial charge >= 0.3 is 5.51 Å². The minimum Gasteiger partial charge on any atom is -0.399 e. The molecule has 0 aromatic heterocycles. The van der Waals surface area contributed by atoms with E-state index in [4.69, 9.17) is 5.73 Å². The number of nitrogens with two attached hydrogens (primary N) is 1. The van der Waals surface area contributed by atoms with Crippen LogP contribution in [-0.2, 0) is 10.8 Å². The lowest BCUT2D eigenvalue weighted by molar-refractivity contribution is -0.0326. The van der Waals surface area contributed by atoms with Crippen LogP contribution in [0.25, 0.3) is 0 Å². The van der Waals surface area contributed by atoms with Crippen molar-refractivity contribution >= 4 is 28.2 Å². The molecule has 1 rings (SSSR count).